The molecule has 0 atom stereocenters. The van der Waals surface area contributed by atoms with E-state index >= 15 is 0 Å². The van der Waals surface area contributed by atoms with Crippen molar-refractivity contribution in [3.05, 3.63) is 58.7 Å². The molecule has 2 fully saturated rings. The van der Waals surface area contributed by atoms with Crippen LogP contribution in [0.15, 0.2) is 42.6 Å². The highest BCUT2D eigenvalue weighted by Crippen LogP contribution is 2.35. The molecule has 3 aromatic rings. The molecule has 44 heavy (non-hydrogen) atoms. The highest BCUT2D eigenvalue weighted by molar-refractivity contribution is 6.36. The standard InChI is InChI=1S/C35H46ClN5O3/c1-3-5-21-43-35(44-22-6-4-2)26-13-17-40(18-14-26)29-9-7-25(8-10-29)34(42)39-28-15-19-41(20-16-28)31-12-11-30(36)32-27(23-37)24-38-33(31)32/h7-12,24,26,28,35,38H,3-6,13-22H2,1-2H3,(H,39,42). The minimum Gasteiger partial charge on any atom is -0.372 e. The Hall–Kier alpha value is -3.25. The van der Waals surface area contributed by atoms with Gasteiger partial charge in [-0.3, -0.25) is 4.79 Å². The van der Waals surface area contributed by atoms with Gasteiger partial charge < -0.3 is 29.6 Å². The number of ether oxygens (including phenoxy) is 2. The molecule has 1 amide bonds. The van der Waals surface area contributed by atoms with Gasteiger partial charge in [-0.25, -0.2) is 0 Å². The summed E-state index contributed by atoms with van der Waals surface area (Å²) in [5.74, 6) is 0.391. The molecule has 8 nitrogen and oxygen atoms in total. The van der Waals surface area contributed by atoms with E-state index in [1.807, 2.05) is 24.3 Å². The Kier molecular flexibility index (Phi) is 11.4. The molecule has 0 spiro atoms. The molecule has 0 saturated carbocycles. The van der Waals surface area contributed by atoms with Crippen LogP contribution < -0.4 is 15.1 Å². The molecule has 2 aliphatic heterocycles. The second kappa shape index (κ2) is 15.7. The first-order valence-corrected chi connectivity index (χ1v) is 16.7. The maximum absolute atomic E-state index is 13.1. The zero-order chi connectivity index (χ0) is 30.9. The van der Waals surface area contributed by atoms with Gasteiger partial charge in [0.1, 0.15) is 6.07 Å². The van der Waals surface area contributed by atoms with Crippen LogP contribution in [0.3, 0.4) is 0 Å². The first kappa shape index (κ1) is 32.2. The van der Waals surface area contributed by atoms with Crippen LogP contribution in [0, 0.1) is 17.2 Å². The van der Waals surface area contributed by atoms with E-state index in [0.29, 0.717) is 22.1 Å². The average Bonchev–Trinajstić information content (AvgIpc) is 3.50. The molecule has 0 bridgehead atoms. The van der Waals surface area contributed by atoms with Crippen molar-refractivity contribution in [3.8, 4) is 6.07 Å². The van der Waals surface area contributed by atoms with Gasteiger partial charge in [0.2, 0.25) is 0 Å². The van der Waals surface area contributed by atoms with Gasteiger partial charge in [0.15, 0.2) is 6.29 Å². The van der Waals surface area contributed by atoms with Crippen LogP contribution in [-0.2, 0) is 9.47 Å². The van der Waals surface area contributed by atoms with Crippen LogP contribution in [0.1, 0.15) is 81.1 Å². The van der Waals surface area contributed by atoms with E-state index in [9.17, 15) is 10.1 Å². The van der Waals surface area contributed by atoms with Crippen molar-refractivity contribution in [1.82, 2.24) is 10.3 Å². The van der Waals surface area contributed by atoms with Crippen molar-refractivity contribution in [1.29, 1.82) is 5.26 Å². The van der Waals surface area contributed by atoms with E-state index in [4.69, 9.17) is 21.1 Å². The van der Waals surface area contributed by atoms with Crippen molar-refractivity contribution in [3.63, 3.8) is 0 Å². The van der Waals surface area contributed by atoms with Gasteiger partial charge >= 0.3 is 0 Å². The molecule has 2 aromatic carbocycles. The third-order valence-electron chi connectivity index (χ3n) is 9.03. The van der Waals surface area contributed by atoms with E-state index in [-0.39, 0.29) is 18.2 Å². The molecule has 9 heteroatoms. The van der Waals surface area contributed by atoms with Crippen LogP contribution in [0.4, 0.5) is 11.4 Å². The zero-order valence-corrected chi connectivity index (χ0v) is 26.9. The number of amides is 1. The summed E-state index contributed by atoms with van der Waals surface area (Å²) >= 11 is 6.39. The number of aromatic amines is 1. The Morgan fingerprint density at radius 3 is 2.23 bits per heavy atom. The molecule has 2 saturated heterocycles. The SMILES string of the molecule is CCCCOC(OCCCC)C1CCN(c2ccc(C(=O)NC3CCN(c4ccc(Cl)c5c(C#N)c[nH]c45)CC3)cc2)CC1. The van der Waals surface area contributed by atoms with Crippen LogP contribution in [0.2, 0.25) is 5.02 Å². The van der Waals surface area contributed by atoms with Gasteiger partial charge in [0.25, 0.3) is 5.91 Å². The first-order chi connectivity index (χ1) is 21.5. The van der Waals surface area contributed by atoms with Crippen molar-refractivity contribution in [2.75, 3.05) is 49.2 Å². The van der Waals surface area contributed by atoms with E-state index in [1.165, 1.54) is 0 Å². The molecule has 2 aliphatic rings. The third-order valence-corrected chi connectivity index (χ3v) is 9.35. The van der Waals surface area contributed by atoms with E-state index in [2.05, 4.69) is 52.2 Å². The molecular weight excluding hydrogens is 574 g/mol. The lowest BCUT2D eigenvalue weighted by atomic mass is 9.95. The Morgan fingerprint density at radius 1 is 0.977 bits per heavy atom. The van der Waals surface area contributed by atoms with Gasteiger partial charge in [-0.1, -0.05) is 38.3 Å². The number of aromatic nitrogens is 1. The van der Waals surface area contributed by atoms with Crippen LogP contribution >= 0.6 is 11.6 Å². The zero-order valence-electron chi connectivity index (χ0n) is 26.1. The molecule has 236 valence electrons. The predicted octanol–water partition coefficient (Wildman–Crippen LogP) is 7.27. The summed E-state index contributed by atoms with van der Waals surface area (Å²) in [6, 6.07) is 14.2. The molecule has 3 heterocycles. The van der Waals surface area contributed by atoms with E-state index in [0.717, 1.165) is 113 Å². The Labute approximate surface area is 266 Å². The molecule has 0 radical (unpaired) electrons. The summed E-state index contributed by atoms with van der Waals surface area (Å²) in [7, 11) is 0. The Bertz CT molecular complexity index is 1390. The summed E-state index contributed by atoms with van der Waals surface area (Å²) in [4.78, 5) is 21.1. The number of anilines is 2. The number of piperidine rings is 2. The van der Waals surface area contributed by atoms with Crippen molar-refractivity contribution < 1.29 is 14.3 Å². The van der Waals surface area contributed by atoms with Gasteiger partial charge in [0.05, 0.1) is 21.8 Å². The Balaban J connectivity index is 1.10. The second-order valence-corrected chi connectivity index (χ2v) is 12.5. The number of unbranched alkanes of at least 4 members (excludes halogenated alkanes) is 2. The highest BCUT2D eigenvalue weighted by Gasteiger charge is 2.28. The van der Waals surface area contributed by atoms with Gasteiger partial charge in [-0.15, -0.1) is 0 Å². The number of carbonyl (C=O) groups excluding carboxylic acids is 1. The smallest absolute Gasteiger partial charge is 0.251 e. The second-order valence-electron chi connectivity index (χ2n) is 12.1. The lowest BCUT2D eigenvalue weighted by molar-refractivity contribution is -0.177. The number of hydrogen-bond donors (Lipinski definition) is 2. The fourth-order valence-electron chi connectivity index (χ4n) is 6.34. The van der Waals surface area contributed by atoms with Crippen LogP contribution in [-0.4, -0.2) is 62.6 Å². The largest absolute Gasteiger partial charge is 0.372 e. The van der Waals surface area contributed by atoms with Gasteiger partial charge in [-0.05, 0) is 74.9 Å². The number of nitrogens with zero attached hydrogens (tertiary/aromatic N) is 3. The highest BCUT2D eigenvalue weighted by atomic mass is 35.5. The summed E-state index contributed by atoms with van der Waals surface area (Å²) in [5.41, 5.74) is 4.33. The maximum Gasteiger partial charge on any atom is 0.251 e. The van der Waals surface area contributed by atoms with E-state index < -0.39 is 0 Å². The lowest BCUT2D eigenvalue weighted by Crippen LogP contribution is -2.44. The maximum atomic E-state index is 13.1. The van der Waals surface area contributed by atoms with Crippen molar-refractivity contribution in [2.24, 2.45) is 5.92 Å². The van der Waals surface area contributed by atoms with E-state index in [1.54, 1.807) is 6.20 Å². The monoisotopic (exact) mass is 619 g/mol. The predicted molar refractivity (Wildman–Crippen MR) is 178 cm³/mol. The fourth-order valence-corrected chi connectivity index (χ4v) is 6.60. The van der Waals surface area contributed by atoms with Crippen molar-refractivity contribution in [2.45, 2.75) is 77.5 Å². The number of carbonyl (C=O) groups is 1. The number of nitrogens with one attached hydrogen (secondary N) is 2. The normalized spacial score (nSPS) is 16.5. The van der Waals surface area contributed by atoms with Gasteiger partial charge in [0, 0.05) is 74.2 Å². The molecule has 5 rings (SSSR count). The average molecular weight is 620 g/mol. The molecule has 2 N–H and O–H groups in total. The minimum atomic E-state index is -0.106. The Morgan fingerprint density at radius 2 is 1.61 bits per heavy atom. The molecule has 0 unspecified atom stereocenters. The number of halogens is 1. The van der Waals surface area contributed by atoms with Gasteiger partial charge in [-0.2, -0.15) is 5.26 Å². The summed E-state index contributed by atoms with van der Waals surface area (Å²) < 4.78 is 12.3. The molecule has 1 aromatic heterocycles. The van der Waals surface area contributed by atoms with Crippen LogP contribution in [0.5, 0.6) is 0 Å². The minimum absolute atomic E-state index is 0.0260. The first-order valence-electron chi connectivity index (χ1n) is 16.4. The van der Waals surface area contributed by atoms with Crippen molar-refractivity contribution >= 4 is 39.8 Å². The number of fused-ring (bicyclic) bond motifs is 1. The summed E-state index contributed by atoms with van der Waals surface area (Å²) in [6.45, 7) is 9.44. The number of hydrogen-bond acceptors (Lipinski definition) is 6. The lowest BCUT2D eigenvalue weighted by Gasteiger charge is -2.37. The number of H-pyrrole nitrogens is 1. The molecule has 0 aliphatic carbocycles. The summed E-state index contributed by atoms with van der Waals surface area (Å²) in [6.07, 6.45) is 9.76. The number of nitriles is 1. The topological polar surface area (TPSA) is 93.6 Å². The van der Waals surface area contributed by atoms with Crippen LogP contribution in [0.25, 0.3) is 10.9 Å². The molecular formula is C35H46ClN5O3. The fraction of sp³-hybridized carbons (Fsp3) is 0.543. The quantitative estimate of drug-likeness (QED) is 0.154. The number of rotatable bonds is 13. The third kappa shape index (κ3) is 7.69. The summed E-state index contributed by atoms with van der Waals surface area (Å²) in [5, 5.41) is 14.0. The number of benzene rings is 2.